The average Bonchev–Trinajstić information content (AvgIpc) is 3.42. The summed E-state index contributed by atoms with van der Waals surface area (Å²) in [6.45, 7) is 24.7. The Kier molecular flexibility index (Phi) is 8.85. The zero-order chi connectivity index (χ0) is 26.3. The van der Waals surface area contributed by atoms with Gasteiger partial charge in [0.25, 0.3) is 0 Å². The van der Waals surface area contributed by atoms with Crippen molar-refractivity contribution < 1.29 is 0 Å². The SMILES string of the molecule is C=CCCC(C)(C1CCC(CCCC)C1)C1C2CC(C(C)(C)C)CCC2C2CCC(C(C)(C)C)CC21. The van der Waals surface area contributed by atoms with E-state index in [4.69, 9.17) is 0 Å². The van der Waals surface area contributed by atoms with E-state index in [2.05, 4.69) is 68.0 Å². The van der Waals surface area contributed by atoms with Gasteiger partial charge in [-0.1, -0.05) is 87.1 Å². The number of hydrogen-bond donors (Lipinski definition) is 0. The second-order valence-corrected chi connectivity index (χ2v) is 16.8. The monoisotopic (exact) mass is 497 g/mol. The average molecular weight is 497 g/mol. The summed E-state index contributed by atoms with van der Waals surface area (Å²) >= 11 is 0. The minimum Gasteiger partial charge on any atom is -0.103 e. The minimum absolute atomic E-state index is 0.466. The number of rotatable bonds is 8. The van der Waals surface area contributed by atoms with E-state index in [1.54, 1.807) is 0 Å². The van der Waals surface area contributed by atoms with Crippen LogP contribution < -0.4 is 0 Å². The van der Waals surface area contributed by atoms with Crippen molar-refractivity contribution in [1.29, 1.82) is 0 Å². The van der Waals surface area contributed by atoms with Crippen LogP contribution in [0.4, 0.5) is 0 Å². The molecule has 4 aliphatic carbocycles. The lowest BCUT2D eigenvalue weighted by atomic mass is 9.54. The number of allylic oxidation sites excluding steroid dienone is 1. The third-order valence-corrected chi connectivity index (χ3v) is 12.9. The van der Waals surface area contributed by atoms with Crippen molar-refractivity contribution in [3.05, 3.63) is 12.7 Å². The van der Waals surface area contributed by atoms with Gasteiger partial charge in [-0.25, -0.2) is 0 Å². The molecular weight excluding hydrogens is 432 g/mol. The molecule has 0 aromatic heterocycles. The molecule has 0 bridgehead atoms. The van der Waals surface area contributed by atoms with Crippen molar-refractivity contribution in [2.75, 3.05) is 0 Å². The molecule has 0 spiro atoms. The molecule has 0 amide bonds. The molecule has 36 heavy (non-hydrogen) atoms. The standard InChI is InChI=1S/C36H64/c1-10-12-14-25-15-16-28(22-25)36(9,21-13-11-2)33-31-23-26(34(3,4)5)17-19-29(31)30-20-18-27(24-32(30)33)35(6,7)8/h11,25-33H,2,10,12-24H2,1,3-9H3. The van der Waals surface area contributed by atoms with Gasteiger partial charge in [-0.15, -0.1) is 6.58 Å². The highest BCUT2D eigenvalue weighted by atomic mass is 14.7. The van der Waals surface area contributed by atoms with Gasteiger partial charge < -0.3 is 0 Å². The normalized spacial score (nSPS) is 40.9. The maximum Gasteiger partial charge on any atom is -0.0261 e. The van der Waals surface area contributed by atoms with E-state index in [1.165, 1.54) is 89.9 Å². The van der Waals surface area contributed by atoms with Crippen LogP contribution >= 0.6 is 0 Å². The van der Waals surface area contributed by atoms with Gasteiger partial charge in [0.05, 0.1) is 0 Å². The maximum absolute atomic E-state index is 4.22. The van der Waals surface area contributed by atoms with E-state index in [0.717, 1.165) is 53.3 Å². The van der Waals surface area contributed by atoms with E-state index in [0.29, 0.717) is 16.2 Å². The number of unbranched alkanes of at least 4 members (excludes halogenated alkanes) is 1. The summed E-state index contributed by atoms with van der Waals surface area (Å²) in [5, 5.41) is 0. The predicted molar refractivity (Wildman–Crippen MR) is 159 cm³/mol. The fourth-order valence-electron chi connectivity index (χ4n) is 10.7. The fourth-order valence-corrected chi connectivity index (χ4v) is 10.7. The lowest BCUT2D eigenvalue weighted by molar-refractivity contribution is -0.0188. The summed E-state index contributed by atoms with van der Waals surface area (Å²) in [6.07, 6.45) is 22.9. The fraction of sp³-hybridized carbons (Fsp3) is 0.944. The first-order valence-electron chi connectivity index (χ1n) is 16.5. The van der Waals surface area contributed by atoms with Crippen molar-refractivity contribution in [1.82, 2.24) is 0 Å². The van der Waals surface area contributed by atoms with Crippen LogP contribution in [0.25, 0.3) is 0 Å². The summed E-state index contributed by atoms with van der Waals surface area (Å²) in [7, 11) is 0. The highest BCUT2D eigenvalue weighted by molar-refractivity contribution is 5.10. The van der Waals surface area contributed by atoms with E-state index in [-0.39, 0.29) is 0 Å². The first-order chi connectivity index (χ1) is 16.9. The van der Waals surface area contributed by atoms with Crippen LogP contribution in [-0.2, 0) is 0 Å². The quantitative estimate of drug-likeness (QED) is 0.293. The Labute approximate surface area is 227 Å². The largest absolute Gasteiger partial charge is 0.103 e. The Balaban J connectivity index is 1.69. The van der Waals surface area contributed by atoms with Crippen LogP contribution in [0.1, 0.15) is 145 Å². The first-order valence-corrected chi connectivity index (χ1v) is 16.5. The zero-order valence-electron chi connectivity index (χ0n) is 25.9. The summed E-state index contributed by atoms with van der Waals surface area (Å²) in [5.41, 5.74) is 1.44. The molecule has 208 valence electrons. The Bertz CT molecular complexity index is 679. The van der Waals surface area contributed by atoms with E-state index < -0.39 is 0 Å². The lowest BCUT2D eigenvalue weighted by Gasteiger charge is -2.51. The topological polar surface area (TPSA) is 0 Å². The Hall–Kier alpha value is -0.260. The molecular formula is C36H64. The molecule has 4 aliphatic rings. The minimum atomic E-state index is 0.466. The molecule has 4 saturated carbocycles. The second-order valence-electron chi connectivity index (χ2n) is 16.8. The van der Waals surface area contributed by atoms with Gasteiger partial charge in [-0.2, -0.15) is 0 Å². The molecule has 0 aliphatic heterocycles. The van der Waals surface area contributed by atoms with Crippen LogP contribution in [0.5, 0.6) is 0 Å². The van der Waals surface area contributed by atoms with Gasteiger partial charge in [0.1, 0.15) is 0 Å². The summed E-state index contributed by atoms with van der Waals surface area (Å²) in [5.74, 6) is 8.79. The van der Waals surface area contributed by atoms with Crippen LogP contribution in [0.2, 0.25) is 0 Å². The van der Waals surface area contributed by atoms with Gasteiger partial charge in [0.2, 0.25) is 0 Å². The molecule has 0 aromatic carbocycles. The van der Waals surface area contributed by atoms with E-state index >= 15 is 0 Å². The molecule has 0 nitrogen and oxygen atoms in total. The summed E-state index contributed by atoms with van der Waals surface area (Å²) < 4.78 is 0. The molecule has 0 N–H and O–H groups in total. The number of hydrogen-bond acceptors (Lipinski definition) is 0. The summed E-state index contributed by atoms with van der Waals surface area (Å²) in [4.78, 5) is 0. The first kappa shape index (κ1) is 28.7. The lowest BCUT2D eigenvalue weighted by Crippen LogP contribution is -2.44. The van der Waals surface area contributed by atoms with Crippen molar-refractivity contribution in [3.63, 3.8) is 0 Å². The van der Waals surface area contributed by atoms with Crippen molar-refractivity contribution >= 4 is 0 Å². The third kappa shape index (κ3) is 5.69. The highest BCUT2D eigenvalue weighted by Crippen LogP contribution is 2.68. The highest BCUT2D eigenvalue weighted by Gasteiger charge is 2.61. The Morgan fingerprint density at radius 1 is 0.667 bits per heavy atom. The van der Waals surface area contributed by atoms with Gasteiger partial charge in [-0.05, 0) is 134 Å². The molecule has 0 heterocycles. The molecule has 0 heteroatoms. The maximum atomic E-state index is 4.22. The Morgan fingerprint density at radius 3 is 1.67 bits per heavy atom. The molecule has 0 saturated heterocycles. The van der Waals surface area contributed by atoms with Crippen molar-refractivity contribution in [3.8, 4) is 0 Å². The van der Waals surface area contributed by atoms with Crippen LogP contribution in [0, 0.1) is 69.5 Å². The summed E-state index contributed by atoms with van der Waals surface area (Å²) in [6, 6.07) is 0. The molecule has 4 rings (SSSR count). The van der Waals surface area contributed by atoms with E-state index in [9.17, 15) is 0 Å². The van der Waals surface area contributed by atoms with Gasteiger partial charge in [0, 0.05) is 0 Å². The molecule has 9 atom stereocenters. The van der Waals surface area contributed by atoms with E-state index in [1.807, 2.05) is 0 Å². The third-order valence-electron chi connectivity index (χ3n) is 12.9. The zero-order valence-corrected chi connectivity index (χ0v) is 25.9. The Morgan fingerprint density at radius 2 is 1.19 bits per heavy atom. The molecule has 0 radical (unpaired) electrons. The molecule has 4 fully saturated rings. The van der Waals surface area contributed by atoms with Gasteiger partial charge >= 0.3 is 0 Å². The van der Waals surface area contributed by atoms with Gasteiger partial charge in [-0.3, -0.25) is 0 Å². The van der Waals surface area contributed by atoms with Crippen LogP contribution in [0.3, 0.4) is 0 Å². The smallest absolute Gasteiger partial charge is 0.0261 e. The molecule has 0 aromatic rings. The second kappa shape index (κ2) is 11.1. The predicted octanol–water partition coefficient (Wildman–Crippen LogP) is 11.4. The van der Waals surface area contributed by atoms with Crippen LogP contribution in [0.15, 0.2) is 12.7 Å². The van der Waals surface area contributed by atoms with Gasteiger partial charge in [0.15, 0.2) is 0 Å². The number of fused-ring (bicyclic) bond motifs is 3. The van der Waals surface area contributed by atoms with Crippen molar-refractivity contribution in [2.24, 2.45) is 69.5 Å². The molecule has 9 unspecified atom stereocenters. The van der Waals surface area contributed by atoms with Crippen molar-refractivity contribution in [2.45, 2.75) is 145 Å². The van der Waals surface area contributed by atoms with Crippen LogP contribution in [-0.4, -0.2) is 0 Å².